The van der Waals surface area contributed by atoms with Crippen LogP contribution < -0.4 is 9.64 Å². The molecule has 0 radical (unpaired) electrons. The third-order valence-corrected chi connectivity index (χ3v) is 5.76. The summed E-state index contributed by atoms with van der Waals surface area (Å²) in [5, 5.41) is 14.8. The van der Waals surface area contributed by atoms with Crippen molar-refractivity contribution in [1.82, 2.24) is 4.90 Å². The number of para-hydroxylation sites is 1. The van der Waals surface area contributed by atoms with Crippen LogP contribution >= 0.6 is 0 Å². The van der Waals surface area contributed by atoms with Crippen LogP contribution in [0.1, 0.15) is 16.7 Å². The predicted octanol–water partition coefficient (Wildman–Crippen LogP) is 4.57. The molecule has 1 heterocycles. The van der Waals surface area contributed by atoms with E-state index in [2.05, 4.69) is 60.0 Å². The first kappa shape index (κ1) is 24.8. The molecule has 0 atom stereocenters. The summed E-state index contributed by atoms with van der Waals surface area (Å²) in [6.07, 6.45) is 0. The molecule has 0 spiro atoms. The lowest BCUT2D eigenvalue weighted by atomic mass is 10.1. The molecule has 2 N–H and O–H groups in total. The number of hydrogen-bond donors (Lipinski definition) is 2. The highest BCUT2D eigenvalue weighted by molar-refractivity contribution is 6.27. The molecule has 1 fully saturated rings. The smallest absolute Gasteiger partial charge is 0.414 e. The first-order valence-corrected chi connectivity index (χ1v) is 11.1. The third-order valence-electron chi connectivity index (χ3n) is 5.76. The SMILES string of the molecule is Cc1cccc(N2CCN(Cc3cccc(Oc4ccccc4)c3)CC2)c1C.O=C(O)C(=O)O. The molecule has 3 aromatic rings. The Morgan fingerprint density at radius 3 is 2.06 bits per heavy atom. The van der Waals surface area contributed by atoms with Crippen molar-refractivity contribution in [3.63, 3.8) is 0 Å². The number of nitrogens with zero attached hydrogens (tertiary/aromatic N) is 2. The van der Waals surface area contributed by atoms with Crippen molar-refractivity contribution >= 4 is 17.6 Å². The van der Waals surface area contributed by atoms with Crippen LogP contribution in [0, 0.1) is 13.8 Å². The van der Waals surface area contributed by atoms with Gasteiger partial charge in [0, 0.05) is 38.4 Å². The highest BCUT2D eigenvalue weighted by Crippen LogP contribution is 2.25. The van der Waals surface area contributed by atoms with Gasteiger partial charge >= 0.3 is 11.9 Å². The van der Waals surface area contributed by atoms with E-state index in [0.717, 1.165) is 44.2 Å². The van der Waals surface area contributed by atoms with E-state index in [4.69, 9.17) is 24.5 Å². The van der Waals surface area contributed by atoms with Crippen molar-refractivity contribution < 1.29 is 24.5 Å². The summed E-state index contributed by atoms with van der Waals surface area (Å²) >= 11 is 0. The maximum atomic E-state index is 9.10. The number of piperazine rings is 1. The van der Waals surface area contributed by atoms with Gasteiger partial charge in [0.2, 0.25) is 0 Å². The van der Waals surface area contributed by atoms with Crippen molar-refractivity contribution in [3.8, 4) is 11.5 Å². The molecule has 7 nitrogen and oxygen atoms in total. The Morgan fingerprint density at radius 2 is 1.41 bits per heavy atom. The Morgan fingerprint density at radius 1 is 0.794 bits per heavy atom. The van der Waals surface area contributed by atoms with Crippen LogP contribution in [-0.4, -0.2) is 53.2 Å². The van der Waals surface area contributed by atoms with Crippen LogP contribution in [0.5, 0.6) is 11.5 Å². The number of carboxylic acid groups (broad SMARTS) is 2. The number of aliphatic carboxylic acids is 2. The Hall–Kier alpha value is -3.84. The summed E-state index contributed by atoms with van der Waals surface area (Å²) in [7, 11) is 0. The van der Waals surface area contributed by atoms with Gasteiger partial charge in [0.25, 0.3) is 0 Å². The number of anilines is 1. The van der Waals surface area contributed by atoms with Crippen LogP contribution in [0.4, 0.5) is 5.69 Å². The number of rotatable bonds is 5. The van der Waals surface area contributed by atoms with Crippen LogP contribution in [0.25, 0.3) is 0 Å². The van der Waals surface area contributed by atoms with E-state index in [1.165, 1.54) is 22.4 Å². The van der Waals surface area contributed by atoms with Gasteiger partial charge < -0.3 is 19.8 Å². The van der Waals surface area contributed by atoms with E-state index in [9.17, 15) is 0 Å². The van der Waals surface area contributed by atoms with Crippen molar-refractivity contribution in [2.45, 2.75) is 20.4 Å². The largest absolute Gasteiger partial charge is 0.473 e. The fourth-order valence-corrected chi connectivity index (χ4v) is 3.82. The molecular weight excluding hydrogens is 432 g/mol. The van der Waals surface area contributed by atoms with Gasteiger partial charge in [0.1, 0.15) is 11.5 Å². The average molecular weight is 463 g/mol. The lowest BCUT2D eigenvalue weighted by Crippen LogP contribution is -2.46. The molecule has 7 heteroatoms. The lowest BCUT2D eigenvalue weighted by molar-refractivity contribution is -0.159. The van der Waals surface area contributed by atoms with Crippen LogP contribution in [-0.2, 0) is 16.1 Å². The zero-order valence-electron chi connectivity index (χ0n) is 19.5. The molecule has 0 bridgehead atoms. The Bertz CT molecular complexity index is 1100. The van der Waals surface area contributed by atoms with E-state index in [0.29, 0.717) is 0 Å². The molecule has 0 aliphatic carbocycles. The van der Waals surface area contributed by atoms with Gasteiger partial charge in [0.05, 0.1) is 0 Å². The summed E-state index contributed by atoms with van der Waals surface area (Å²) in [5.74, 6) is -1.87. The number of carbonyl (C=O) groups is 2. The molecule has 4 rings (SSSR count). The zero-order chi connectivity index (χ0) is 24.5. The van der Waals surface area contributed by atoms with Gasteiger partial charge in [0.15, 0.2) is 0 Å². The molecular formula is C27H30N2O5. The molecule has 0 unspecified atom stereocenters. The Kier molecular flexibility index (Phi) is 8.65. The van der Waals surface area contributed by atoms with Gasteiger partial charge in [-0.25, -0.2) is 9.59 Å². The second-order valence-corrected chi connectivity index (χ2v) is 8.16. The normalized spacial score (nSPS) is 13.5. The molecule has 178 valence electrons. The zero-order valence-corrected chi connectivity index (χ0v) is 19.5. The highest BCUT2D eigenvalue weighted by Gasteiger charge is 2.19. The molecule has 1 aliphatic heterocycles. The Labute approximate surface area is 199 Å². The van der Waals surface area contributed by atoms with Gasteiger partial charge in [-0.1, -0.05) is 42.5 Å². The van der Waals surface area contributed by atoms with Gasteiger partial charge in [-0.3, -0.25) is 4.90 Å². The molecule has 1 saturated heterocycles. The summed E-state index contributed by atoms with van der Waals surface area (Å²) in [6, 6.07) is 25.0. The number of aryl methyl sites for hydroxylation is 1. The summed E-state index contributed by atoms with van der Waals surface area (Å²) in [5.41, 5.74) is 5.46. The standard InChI is InChI=1S/C25H28N2O.C2H2O4/c1-20-8-6-13-25(21(20)2)27-16-14-26(15-17-27)19-22-9-7-12-24(18-22)28-23-10-4-3-5-11-23;3-1(4)2(5)6/h3-13,18H,14-17,19H2,1-2H3;(H,3,4)(H,5,6). The minimum Gasteiger partial charge on any atom is -0.473 e. The van der Waals surface area contributed by atoms with Gasteiger partial charge in [-0.05, 0) is 60.9 Å². The molecule has 0 saturated carbocycles. The number of benzene rings is 3. The van der Waals surface area contributed by atoms with E-state index >= 15 is 0 Å². The van der Waals surface area contributed by atoms with E-state index in [1.807, 2.05) is 36.4 Å². The predicted molar refractivity (Wildman–Crippen MR) is 132 cm³/mol. The maximum absolute atomic E-state index is 9.10. The van der Waals surface area contributed by atoms with E-state index in [1.54, 1.807) is 0 Å². The average Bonchev–Trinajstić information content (AvgIpc) is 2.83. The number of carboxylic acids is 2. The molecule has 0 aromatic heterocycles. The van der Waals surface area contributed by atoms with Crippen molar-refractivity contribution in [1.29, 1.82) is 0 Å². The van der Waals surface area contributed by atoms with Crippen LogP contribution in [0.2, 0.25) is 0 Å². The topological polar surface area (TPSA) is 90.3 Å². The van der Waals surface area contributed by atoms with E-state index in [-0.39, 0.29) is 0 Å². The monoisotopic (exact) mass is 462 g/mol. The molecule has 1 aliphatic rings. The third kappa shape index (κ3) is 7.08. The van der Waals surface area contributed by atoms with E-state index < -0.39 is 11.9 Å². The van der Waals surface area contributed by atoms with Crippen LogP contribution in [0.15, 0.2) is 72.8 Å². The molecule has 0 amide bonds. The van der Waals surface area contributed by atoms with Crippen molar-refractivity contribution in [2.24, 2.45) is 0 Å². The minimum absolute atomic E-state index is 0.877. The first-order chi connectivity index (χ1) is 16.3. The van der Waals surface area contributed by atoms with Crippen LogP contribution in [0.3, 0.4) is 0 Å². The maximum Gasteiger partial charge on any atom is 0.414 e. The first-order valence-electron chi connectivity index (χ1n) is 11.1. The quantitative estimate of drug-likeness (QED) is 0.537. The summed E-state index contributed by atoms with van der Waals surface area (Å²) < 4.78 is 5.98. The second kappa shape index (κ2) is 11.9. The second-order valence-electron chi connectivity index (χ2n) is 8.16. The number of hydrogen-bond acceptors (Lipinski definition) is 5. The van der Waals surface area contributed by atoms with Crippen molar-refractivity contribution in [2.75, 3.05) is 31.1 Å². The van der Waals surface area contributed by atoms with Gasteiger partial charge in [-0.15, -0.1) is 0 Å². The van der Waals surface area contributed by atoms with Crippen molar-refractivity contribution in [3.05, 3.63) is 89.5 Å². The lowest BCUT2D eigenvalue weighted by Gasteiger charge is -2.37. The minimum atomic E-state index is -1.82. The molecule has 34 heavy (non-hydrogen) atoms. The Balaban J connectivity index is 0.000000481. The summed E-state index contributed by atoms with van der Waals surface area (Å²) in [6.45, 7) is 9.70. The fraction of sp³-hybridized carbons (Fsp3) is 0.259. The summed E-state index contributed by atoms with van der Waals surface area (Å²) in [4.78, 5) is 23.3. The molecule has 3 aromatic carbocycles. The highest BCUT2D eigenvalue weighted by atomic mass is 16.5. The fourth-order valence-electron chi connectivity index (χ4n) is 3.82. The number of ether oxygens (including phenoxy) is 1. The van der Waals surface area contributed by atoms with Gasteiger partial charge in [-0.2, -0.15) is 0 Å².